The van der Waals surface area contributed by atoms with Gasteiger partial charge in [0, 0.05) is 12.8 Å². The van der Waals surface area contributed by atoms with Crippen LogP contribution >= 0.6 is 0 Å². The van der Waals surface area contributed by atoms with Crippen LogP contribution < -0.4 is 5.32 Å². The highest BCUT2D eigenvalue weighted by molar-refractivity contribution is 5.76. The van der Waals surface area contributed by atoms with Crippen LogP contribution in [0, 0.1) is 0 Å². The average Bonchev–Trinajstić information content (AvgIpc) is 3.35. The Bertz CT molecular complexity index is 1210. The molecule has 2 atom stereocenters. The molecule has 0 aromatic heterocycles. The van der Waals surface area contributed by atoms with Crippen molar-refractivity contribution in [2.75, 3.05) is 13.2 Å². The van der Waals surface area contributed by atoms with E-state index in [0.717, 1.165) is 57.8 Å². The van der Waals surface area contributed by atoms with Gasteiger partial charge >= 0.3 is 5.97 Å². The maximum Gasteiger partial charge on any atom is 0.305 e. The summed E-state index contributed by atoms with van der Waals surface area (Å²) in [6.45, 7) is 4.82. The lowest BCUT2D eigenvalue weighted by Gasteiger charge is -2.20. The Balaban J connectivity index is 3.44. The molecule has 0 saturated carbocycles. The summed E-state index contributed by atoms with van der Waals surface area (Å²) in [5.41, 5.74) is 0. The number of aliphatic hydroxyl groups is 2. The maximum atomic E-state index is 12.4. The van der Waals surface area contributed by atoms with Gasteiger partial charge in [0.2, 0.25) is 5.91 Å². The molecule has 0 bridgehead atoms. The third kappa shape index (κ3) is 54.7. The van der Waals surface area contributed by atoms with Crippen LogP contribution in [0.2, 0.25) is 0 Å². The summed E-state index contributed by atoms with van der Waals surface area (Å²) in [4.78, 5) is 24.4. The lowest BCUT2D eigenvalue weighted by Crippen LogP contribution is -2.45. The lowest BCUT2D eigenvalue weighted by atomic mass is 10.0. The number of nitrogens with one attached hydrogen (secondary N) is 1. The molecule has 0 heterocycles. The number of hydrogen-bond donors (Lipinski definition) is 3. The number of allylic oxidation sites excluding steroid dienone is 9. The third-order valence-corrected chi connectivity index (χ3v) is 13.5. The molecule has 0 aliphatic rings. The summed E-state index contributed by atoms with van der Waals surface area (Å²) in [5, 5.41) is 23.0. The summed E-state index contributed by atoms with van der Waals surface area (Å²) in [7, 11) is 0. The molecule has 0 rings (SSSR count). The van der Waals surface area contributed by atoms with Crippen LogP contribution in [0.4, 0.5) is 0 Å². The Kier molecular flexibility index (Phi) is 56.1. The van der Waals surface area contributed by atoms with Crippen molar-refractivity contribution in [2.24, 2.45) is 0 Å². The lowest BCUT2D eigenvalue weighted by molar-refractivity contribution is -0.143. The van der Waals surface area contributed by atoms with Crippen molar-refractivity contribution >= 4 is 11.9 Å². The van der Waals surface area contributed by atoms with E-state index in [1.165, 1.54) is 218 Å². The fraction of sp³-hybridized carbons (Fsp3) is 0.810. The van der Waals surface area contributed by atoms with Gasteiger partial charge in [0.1, 0.15) is 0 Å². The topological polar surface area (TPSA) is 95.9 Å². The van der Waals surface area contributed by atoms with Crippen LogP contribution in [0.25, 0.3) is 0 Å². The zero-order valence-corrected chi connectivity index (χ0v) is 45.8. The normalized spacial score (nSPS) is 13.0. The van der Waals surface area contributed by atoms with Crippen molar-refractivity contribution < 1.29 is 24.5 Å². The molecule has 0 aromatic carbocycles. The van der Waals surface area contributed by atoms with Crippen LogP contribution in [0.15, 0.2) is 60.8 Å². The predicted molar refractivity (Wildman–Crippen MR) is 301 cm³/mol. The van der Waals surface area contributed by atoms with E-state index in [1.807, 2.05) is 6.08 Å². The first-order valence-corrected chi connectivity index (χ1v) is 30.1. The fourth-order valence-corrected chi connectivity index (χ4v) is 8.88. The Morgan fingerprint density at radius 1 is 0.406 bits per heavy atom. The molecular weight excluding hydrogens is 851 g/mol. The second kappa shape index (κ2) is 58.1. The number of unbranched alkanes of at least 4 members (excludes halogenated alkanes) is 36. The van der Waals surface area contributed by atoms with Gasteiger partial charge in [-0.05, 0) is 89.9 Å². The zero-order chi connectivity index (χ0) is 50.0. The van der Waals surface area contributed by atoms with E-state index in [4.69, 9.17) is 4.74 Å². The average molecular weight is 967 g/mol. The number of hydrogen-bond acceptors (Lipinski definition) is 5. The predicted octanol–water partition coefficient (Wildman–Crippen LogP) is 18.7. The van der Waals surface area contributed by atoms with Crippen LogP contribution in [0.3, 0.4) is 0 Å². The van der Waals surface area contributed by atoms with Crippen molar-refractivity contribution in [1.82, 2.24) is 5.32 Å². The zero-order valence-electron chi connectivity index (χ0n) is 45.8. The van der Waals surface area contributed by atoms with E-state index < -0.39 is 12.1 Å². The molecule has 6 nitrogen and oxygen atoms in total. The Morgan fingerprint density at radius 3 is 1.16 bits per heavy atom. The van der Waals surface area contributed by atoms with Crippen LogP contribution in [0.1, 0.15) is 303 Å². The minimum Gasteiger partial charge on any atom is -0.466 e. The van der Waals surface area contributed by atoms with Crippen LogP contribution in [-0.2, 0) is 14.3 Å². The maximum absolute atomic E-state index is 12.4. The van der Waals surface area contributed by atoms with Crippen molar-refractivity contribution in [2.45, 2.75) is 315 Å². The molecule has 69 heavy (non-hydrogen) atoms. The molecule has 3 N–H and O–H groups in total. The Labute approximate surface area is 428 Å². The first-order valence-electron chi connectivity index (χ1n) is 30.1. The van der Waals surface area contributed by atoms with Gasteiger partial charge in [0.25, 0.3) is 0 Å². The molecule has 0 aliphatic heterocycles. The van der Waals surface area contributed by atoms with Gasteiger partial charge in [-0.25, -0.2) is 0 Å². The van der Waals surface area contributed by atoms with Crippen LogP contribution in [-0.4, -0.2) is 47.4 Å². The monoisotopic (exact) mass is 966 g/mol. The number of carbonyl (C=O) groups excluding carboxylic acids is 2. The summed E-state index contributed by atoms with van der Waals surface area (Å²) < 4.78 is 5.46. The number of aliphatic hydroxyl groups excluding tert-OH is 2. The summed E-state index contributed by atoms with van der Waals surface area (Å²) >= 11 is 0. The van der Waals surface area contributed by atoms with Crippen molar-refractivity contribution in [3.05, 3.63) is 60.8 Å². The number of carbonyl (C=O) groups is 2. The summed E-state index contributed by atoms with van der Waals surface area (Å²) in [6, 6.07) is -0.630. The highest BCUT2D eigenvalue weighted by Gasteiger charge is 2.18. The molecule has 0 aliphatic carbocycles. The van der Waals surface area contributed by atoms with E-state index >= 15 is 0 Å². The highest BCUT2D eigenvalue weighted by Crippen LogP contribution is 2.16. The second-order valence-corrected chi connectivity index (χ2v) is 20.3. The van der Waals surface area contributed by atoms with Gasteiger partial charge in [0.15, 0.2) is 0 Å². The third-order valence-electron chi connectivity index (χ3n) is 13.5. The molecule has 6 heteroatoms. The van der Waals surface area contributed by atoms with Crippen LogP contribution in [0.5, 0.6) is 0 Å². The quantitative estimate of drug-likeness (QED) is 0.0321. The first kappa shape index (κ1) is 66.6. The number of amides is 1. The molecule has 0 aromatic rings. The number of ether oxygens (including phenoxy) is 1. The fourth-order valence-electron chi connectivity index (χ4n) is 8.88. The van der Waals surface area contributed by atoms with Gasteiger partial charge in [-0.1, -0.05) is 261 Å². The number of esters is 1. The van der Waals surface area contributed by atoms with E-state index in [-0.39, 0.29) is 18.5 Å². The van der Waals surface area contributed by atoms with Crippen molar-refractivity contribution in [1.29, 1.82) is 0 Å². The van der Waals surface area contributed by atoms with Crippen molar-refractivity contribution in [3.8, 4) is 0 Å². The van der Waals surface area contributed by atoms with E-state index in [2.05, 4.69) is 67.8 Å². The van der Waals surface area contributed by atoms with E-state index in [9.17, 15) is 19.8 Å². The van der Waals surface area contributed by atoms with Gasteiger partial charge in [0.05, 0.1) is 25.4 Å². The summed E-state index contributed by atoms with van der Waals surface area (Å²) in [6.07, 6.45) is 75.4. The standard InChI is InChI=1S/C63H115NO5/c1-3-5-7-9-11-13-15-32-37-41-45-49-53-57-63(68)69-58-54-50-46-42-38-34-31-29-27-25-23-21-19-17-18-20-22-24-26-28-30-33-36-40-44-48-52-56-62(67)64-60(59-65)61(66)55-51-47-43-39-35-16-14-12-10-8-6-4-2/h7,9,13,15,17-18,21,23,51,55,60-61,65-66H,3-6,8,10-12,14,16,19-20,22,24-50,52-54,56-59H2,1-2H3,(H,64,67)/b9-7-,15-13-,18-17-,23-21-,55-51+. The highest BCUT2D eigenvalue weighted by atomic mass is 16.5. The Hall–Kier alpha value is -2.44. The van der Waals surface area contributed by atoms with Gasteiger partial charge in [-0.3, -0.25) is 9.59 Å². The molecule has 0 fully saturated rings. The molecule has 0 spiro atoms. The molecule has 1 amide bonds. The van der Waals surface area contributed by atoms with Gasteiger partial charge in [-0.15, -0.1) is 0 Å². The molecule has 0 saturated heterocycles. The largest absolute Gasteiger partial charge is 0.466 e. The minimum absolute atomic E-state index is 0.00597. The molecule has 402 valence electrons. The smallest absolute Gasteiger partial charge is 0.305 e. The second-order valence-electron chi connectivity index (χ2n) is 20.3. The van der Waals surface area contributed by atoms with E-state index in [0.29, 0.717) is 19.4 Å². The molecule has 2 unspecified atom stereocenters. The Morgan fingerprint density at radius 2 is 0.754 bits per heavy atom. The molecule has 0 radical (unpaired) electrons. The summed E-state index contributed by atoms with van der Waals surface area (Å²) in [5.74, 6) is -0.0785. The van der Waals surface area contributed by atoms with Crippen molar-refractivity contribution in [3.63, 3.8) is 0 Å². The molecular formula is C63H115NO5. The van der Waals surface area contributed by atoms with Gasteiger partial charge < -0.3 is 20.3 Å². The first-order chi connectivity index (χ1) is 34.0. The number of rotatable bonds is 55. The van der Waals surface area contributed by atoms with E-state index in [1.54, 1.807) is 6.08 Å². The SMILES string of the molecule is CCC/C=C\C/C=C\CCCCCCCC(=O)OCCCCCCCCCCC/C=C\C/C=C\CCCCCCCCCCCCCC(=O)NC(CO)C(O)/C=C/CCCCCCCCCCCC. The minimum atomic E-state index is -0.846. The van der Waals surface area contributed by atoms with Gasteiger partial charge in [-0.2, -0.15) is 0 Å².